The van der Waals surface area contributed by atoms with E-state index in [4.69, 9.17) is 14.1 Å². The lowest BCUT2D eigenvalue weighted by atomic mass is 9.78. The van der Waals surface area contributed by atoms with Crippen LogP contribution < -0.4 is 14.9 Å². The summed E-state index contributed by atoms with van der Waals surface area (Å²) in [5.74, 6) is 0.252. The number of esters is 1. The smallest absolute Gasteiger partial charge is 0.493 e. The van der Waals surface area contributed by atoms with Gasteiger partial charge >= 0.3 is 13.1 Å². The molecule has 110 valence electrons. The van der Waals surface area contributed by atoms with Gasteiger partial charge in [-0.25, -0.2) is 4.79 Å². The zero-order valence-electron chi connectivity index (χ0n) is 12.1. The molecular weight excluding hydrogens is 263 g/mol. The third-order valence-corrected chi connectivity index (χ3v) is 2.67. The highest BCUT2D eigenvalue weighted by atomic mass is 16.6. The predicted molar refractivity (Wildman–Crippen MR) is 74.2 cm³/mol. The van der Waals surface area contributed by atoms with Crippen molar-refractivity contribution in [3.63, 3.8) is 0 Å². The molecule has 1 aliphatic heterocycles. The molecule has 1 aliphatic rings. The molecule has 1 aromatic rings. The van der Waals surface area contributed by atoms with E-state index in [1.165, 1.54) is 14.2 Å². The number of hydrogen-bond acceptors (Lipinski definition) is 6. The Labute approximate surface area is 118 Å². The number of hydrogen-bond donors (Lipinski definition) is 1. The van der Waals surface area contributed by atoms with Crippen molar-refractivity contribution in [3.05, 3.63) is 17.7 Å². The summed E-state index contributed by atoms with van der Waals surface area (Å²) in [5, 5.41) is 9.69. The lowest BCUT2D eigenvalue weighted by Gasteiger charge is -2.13. The summed E-state index contributed by atoms with van der Waals surface area (Å²) in [6, 6.07) is 3.43. The van der Waals surface area contributed by atoms with E-state index in [-0.39, 0.29) is 6.61 Å². The highest BCUT2D eigenvalue weighted by Crippen LogP contribution is 2.29. The lowest BCUT2D eigenvalue weighted by Crippen LogP contribution is -2.30. The van der Waals surface area contributed by atoms with E-state index >= 15 is 0 Å². The molecular formula is C13H19BO6. The van der Waals surface area contributed by atoms with Crippen LogP contribution in [-0.4, -0.2) is 38.9 Å². The van der Waals surface area contributed by atoms with Crippen molar-refractivity contribution in [2.75, 3.05) is 20.8 Å². The van der Waals surface area contributed by atoms with E-state index in [0.717, 1.165) is 5.56 Å². The van der Waals surface area contributed by atoms with Gasteiger partial charge in [0.25, 0.3) is 0 Å². The van der Waals surface area contributed by atoms with Gasteiger partial charge in [0.1, 0.15) is 0 Å². The van der Waals surface area contributed by atoms with E-state index in [0.29, 0.717) is 23.6 Å². The van der Waals surface area contributed by atoms with E-state index in [2.05, 4.69) is 4.74 Å². The van der Waals surface area contributed by atoms with Gasteiger partial charge in [0.2, 0.25) is 0 Å². The molecule has 1 heterocycles. The Morgan fingerprint density at radius 1 is 1.40 bits per heavy atom. The van der Waals surface area contributed by atoms with Crippen LogP contribution in [0.5, 0.6) is 11.5 Å². The fraction of sp³-hybridized carbons (Fsp3) is 0.462. The van der Waals surface area contributed by atoms with Crippen molar-refractivity contribution in [3.8, 4) is 11.5 Å². The molecule has 0 aliphatic carbocycles. The molecule has 0 saturated heterocycles. The van der Waals surface area contributed by atoms with Gasteiger partial charge in [-0.3, -0.25) is 0 Å². The second-order valence-corrected chi connectivity index (χ2v) is 3.70. The molecule has 1 aromatic carbocycles. The molecule has 2 rings (SSSR count). The van der Waals surface area contributed by atoms with Crippen LogP contribution in [0.1, 0.15) is 19.4 Å². The van der Waals surface area contributed by atoms with Gasteiger partial charge in [0.15, 0.2) is 18.1 Å². The third-order valence-electron chi connectivity index (χ3n) is 2.67. The minimum absolute atomic E-state index is 0.220. The largest absolute Gasteiger partial charge is 0.495 e. The highest BCUT2D eigenvalue weighted by molar-refractivity contribution is 6.62. The topological polar surface area (TPSA) is 74.2 Å². The molecule has 6 nitrogen and oxygen atoms in total. The number of carbonyl (C=O) groups is 1. The van der Waals surface area contributed by atoms with Crippen molar-refractivity contribution in [2.45, 2.75) is 20.5 Å². The van der Waals surface area contributed by atoms with Crippen LogP contribution in [0.25, 0.3) is 0 Å². The summed E-state index contributed by atoms with van der Waals surface area (Å²) in [6.07, 6.45) is 0. The van der Waals surface area contributed by atoms with E-state index < -0.39 is 13.1 Å². The number of fused-ring (bicyclic) bond motifs is 1. The van der Waals surface area contributed by atoms with E-state index in [1.54, 1.807) is 12.1 Å². The van der Waals surface area contributed by atoms with Crippen molar-refractivity contribution in [2.24, 2.45) is 0 Å². The van der Waals surface area contributed by atoms with Crippen LogP contribution in [0.2, 0.25) is 0 Å². The normalized spacial score (nSPS) is 12.2. The molecule has 0 spiro atoms. The van der Waals surface area contributed by atoms with Gasteiger partial charge in [0, 0.05) is 5.46 Å². The summed E-state index contributed by atoms with van der Waals surface area (Å²) >= 11 is 0. The highest BCUT2D eigenvalue weighted by Gasteiger charge is 2.33. The third kappa shape index (κ3) is 3.43. The van der Waals surface area contributed by atoms with Gasteiger partial charge < -0.3 is 23.9 Å². The van der Waals surface area contributed by atoms with Gasteiger partial charge in [0.05, 0.1) is 20.8 Å². The minimum Gasteiger partial charge on any atom is -0.493 e. The second kappa shape index (κ2) is 7.76. The van der Waals surface area contributed by atoms with Crippen LogP contribution in [0.3, 0.4) is 0 Å². The summed E-state index contributed by atoms with van der Waals surface area (Å²) < 4.78 is 20.1. The van der Waals surface area contributed by atoms with E-state index in [1.807, 2.05) is 13.8 Å². The van der Waals surface area contributed by atoms with Crippen molar-refractivity contribution >= 4 is 18.6 Å². The monoisotopic (exact) mass is 282 g/mol. The summed E-state index contributed by atoms with van der Waals surface area (Å²) in [4.78, 5) is 11.0. The minimum atomic E-state index is -1.03. The summed E-state index contributed by atoms with van der Waals surface area (Å²) in [5.41, 5.74) is 1.38. The number of ether oxygens (including phenoxy) is 3. The molecule has 0 fully saturated rings. The Morgan fingerprint density at radius 2 is 2.10 bits per heavy atom. The van der Waals surface area contributed by atoms with Crippen LogP contribution in [0, 0.1) is 0 Å². The Bertz CT molecular complexity index is 462. The molecule has 20 heavy (non-hydrogen) atoms. The van der Waals surface area contributed by atoms with Gasteiger partial charge in [-0.1, -0.05) is 19.9 Å². The molecule has 0 saturated carbocycles. The first kappa shape index (κ1) is 16.3. The molecule has 0 bridgehead atoms. The average Bonchev–Trinajstić information content (AvgIpc) is 2.88. The van der Waals surface area contributed by atoms with Gasteiger partial charge in [-0.2, -0.15) is 0 Å². The Hall–Kier alpha value is -1.73. The Morgan fingerprint density at radius 3 is 2.70 bits per heavy atom. The van der Waals surface area contributed by atoms with Crippen LogP contribution >= 0.6 is 0 Å². The predicted octanol–water partition coefficient (Wildman–Crippen LogP) is 0.491. The lowest BCUT2D eigenvalue weighted by molar-refractivity contribution is -0.142. The molecule has 0 amide bonds. The molecule has 0 radical (unpaired) electrons. The number of benzene rings is 1. The maximum absolute atomic E-state index is 11.0. The summed E-state index contributed by atoms with van der Waals surface area (Å²) in [7, 11) is 1.71. The number of rotatable bonds is 4. The first-order valence-corrected chi connectivity index (χ1v) is 6.36. The summed E-state index contributed by atoms with van der Waals surface area (Å²) in [6.45, 7) is 4.10. The van der Waals surface area contributed by atoms with Gasteiger partial charge in [-0.15, -0.1) is 0 Å². The zero-order chi connectivity index (χ0) is 15.1. The Kier molecular flexibility index (Phi) is 6.34. The molecule has 0 atom stereocenters. The number of methoxy groups -OCH3 is 2. The van der Waals surface area contributed by atoms with Crippen molar-refractivity contribution < 1.29 is 28.7 Å². The zero-order valence-corrected chi connectivity index (χ0v) is 12.1. The quantitative estimate of drug-likeness (QED) is 0.640. The molecule has 7 heteroatoms. The molecule has 0 unspecified atom stereocenters. The van der Waals surface area contributed by atoms with Crippen molar-refractivity contribution in [1.29, 1.82) is 0 Å². The first-order valence-electron chi connectivity index (χ1n) is 6.36. The number of carbonyl (C=O) groups excluding carboxylic acids is 1. The van der Waals surface area contributed by atoms with Crippen LogP contribution in [-0.2, 0) is 20.8 Å². The SMILES string of the molecule is CC.COC(=O)COc1ccc2c(c1OC)B(O)OC2. The average molecular weight is 282 g/mol. The standard InChI is InChI=1S/C11H13BO6.C2H6/c1-15-9(13)6-17-8-4-3-7-5-18-12(14)10(7)11(8)16-2;1-2/h3-4,14H,5-6H2,1-2H3;1-2H3. The van der Waals surface area contributed by atoms with E-state index in [9.17, 15) is 9.82 Å². The molecule has 0 aromatic heterocycles. The fourth-order valence-corrected chi connectivity index (χ4v) is 1.79. The van der Waals surface area contributed by atoms with Crippen LogP contribution in [0.4, 0.5) is 0 Å². The molecule has 1 N–H and O–H groups in total. The maximum atomic E-state index is 11.0. The maximum Gasteiger partial charge on any atom is 0.495 e. The van der Waals surface area contributed by atoms with Crippen molar-refractivity contribution in [1.82, 2.24) is 0 Å². The first-order chi connectivity index (χ1) is 9.67. The van der Waals surface area contributed by atoms with Gasteiger partial charge in [-0.05, 0) is 11.6 Å². The Balaban J connectivity index is 0.000000956. The fourth-order valence-electron chi connectivity index (χ4n) is 1.79. The van der Waals surface area contributed by atoms with Crippen LogP contribution in [0.15, 0.2) is 12.1 Å². The second-order valence-electron chi connectivity index (χ2n) is 3.70.